The molecule has 84 valence electrons. The van der Waals surface area contributed by atoms with E-state index in [1.54, 1.807) is 12.1 Å². The number of nitrogens with two attached hydrogens (primary N) is 1. The highest BCUT2D eigenvalue weighted by Crippen LogP contribution is 2.20. The molecule has 0 saturated heterocycles. The van der Waals surface area contributed by atoms with E-state index in [0.29, 0.717) is 11.4 Å². The van der Waals surface area contributed by atoms with Crippen LogP contribution in [0.2, 0.25) is 0 Å². The minimum absolute atomic E-state index is 0.0151. The van der Waals surface area contributed by atoms with Gasteiger partial charge in [-0.25, -0.2) is 8.42 Å². The Morgan fingerprint density at radius 3 is 2.67 bits per heavy atom. The SMILES string of the molecule is Cc1ccc(N)cc1OCCS(C)(=O)=O. The largest absolute Gasteiger partial charge is 0.492 e. The standard InChI is InChI=1S/C10H15NO3S/c1-8-3-4-9(11)7-10(8)14-5-6-15(2,12)13/h3-4,7H,5-6,11H2,1-2H3. The predicted octanol–water partition coefficient (Wildman–Crippen LogP) is 1.00. The van der Waals surface area contributed by atoms with Gasteiger partial charge >= 0.3 is 0 Å². The second-order valence-electron chi connectivity index (χ2n) is 3.50. The second-order valence-corrected chi connectivity index (χ2v) is 5.76. The first-order valence-electron chi connectivity index (χ1n) is 4.55. The van der Waals surface area contributed by atoms with E-state index >= 15 is 0 Å². The molecule has 1 aromatic rings. The second kappa shape index (κ2) is 4.53. The van der Waals surface area contributed by atoms with Crippen molar-refractivity contribution in [1.29, 1.82) is 0 Å². The molecular weight excluding hydrogens is 214 g/mol. The summed E-state index contributed by atoms with van der Waals surface area (Å²) in [7, 11) is -2.97. The van der Waals surface area contributed by atoms with Crippen LogP contribution in [0.15, 0.2) is 18.2 Å². The molecule has 0 radical (unpaired) electrons. The number of hydrogen-bond acceptors (Lipinski definition) is 4. The lowest BCUT2D eigenvalue weighted by atomic mass is 10.2. The third-order valence-electron chi connectivity index (χ3n) is 1.92. The molecule has 15 heavy (non-hydrogen) atoms. The molecule has 0 aliphatic rings. The van der Waals surface area contributed by atoms with Crippen molar-refractivity contribution in [3.63, 3.8) is 0 Å². The minimum atomic E-state index is -2.97. The van der Waals surface area contributed by atoms with E-state index in [-0.39, 0.29) is 12.4 Å². The quantitative estimate of drug-likeness (QED) is 0.782. The van der Waals surface area contributed by atoms with Crippen molar-refractivity contribution in [3.05, 3.63) is 23.8 Å². The number of nitrogen functional groups attached to an aromatic ring is 1. The molecule has 1 aromatic carbocycles. The first-order chi connectivity index (χ1) is 6.88. The van der Waals surface area contributed by atoms with Crippen molar-refractivity contribution >= 4 is 15.5 Å². The fourth-order valence-corrected chi connectivity index (χ4v) is 1.46. The van der Waals surface area contributed by atoms with E-state index < -0.39 is 9.84 Å². The van der Waals surface area contributed by atoms with Gasteiger partial charge < -0.3 is 10.5 Å². The van der Waals surface area contributed by atoms with Gasteiger partial charge in [-0.1, -0.05) is 6.07 Å². The molecule has 0 fully saturated rings. The van der Waals surface area contributed by atoms with Crippen molar-refractivity contribution in [2.45, 2.75) is 6.92 Å². The third-order valence-corrected chi connectivity index (χ3v) is 2.83. The molecule has 0 heterocycles. The van der Waals surface area contributed by atoms with Crippen LogP contribution < -0.4 is 10.5 Å². The van der Waals surface area contributed by atoms with Gasteiger partial charge in [0.15, 0.2) is 9.84 Å². The van der Waals surface area contributed by atoms with Crippen molar-refractivity contribution in [3.8, 4) is 5.75 Å². The number of aryl methyl sites for hydroxylation is 1. The Hall–Kier alpha value is -1.23. The van der Waals surface area contributed by atoms with Crippen LogP contribution in [0.5, 0.6) is 5.75 Å². The molecule has 0 unspecified atom stereocenters. The summed E-state index contributed by atoms with van der Waals surface area (Å²) in [5, 5.41) is 0. The molecule has 0 saturated carbocycles. The molecule has 4 nitrogen and oxygen atoms in total. The summed E-state index contributed by atoms with van der Waals surface area (Å²) in [6.45, 7) is 2.04. The lowest BCUT2D eigenvalue weighted by Gasteiger charge is -2.08. The van der Waals surface area contributed by atoms with Crippen molar-refractivity contribution < 1.29 is 13.2 Å². The maximum atomic E-state index is 10.9. The first-order valence-corrected chi connectivity index (χ1v) is 6.61. The highest BCUT2D eigenvalue weighted by Gasteiger charge is 2.04. The van der Waals surface area contributed by atoms with Crippen LogP contribution in [0.4, 0.5) is 5.69 Å². The monoisotopic (exact) mass is 229 g/mol. The topological polar surface area (TPSA) is 69.4 Å². The summed E-state index contributed by atoms with van der Waals surface area (Å²) in [6.07, 6.45) is 1.18. The first kappa shape index (κ1) is 11.8. The van der Waals surface area contributed by atoms with Crippen molar-refractivity contribution in [2.75, 3.05) is 24.3 Å². The van der Waals surface area contributed by atoms with E-state index in [0.717, 1.165) is 5.56 Å². The van der Waals surface area contributed by atoms with Gasteiger partial charge in [-0.05, 0) is 18.6 Å². The number of ether oxygens (including phenoxy) is 1. The van der Waals surface area contributed by atoms with Crippen LogP contribution in [0.3, 0.4) is 0 Å². The molecule has 0 amide bonds. The van der Waals surface area contributed by atoms with E-state index in [2.05, 4.69) is 0 Å². The third kappa shape index (κ3) is 4.20. The average molecular weight is 229 g/mol. The Labute approximate surface area is 90.0 Å². The Morgan fingerprint density at radius 1 is 1.40 bits per heavy atom. The summed E-state index contributed by atoms with van der Waals surface area (Å²) in [4.78, 5) is 0. The lowest BCUT2D eigenvalue weighted by molar-refractivity contribution is 0.339. The van der Waals surface area contributed by atoms with Crippen LogP contribution in [0.1, 0.15) is 5.56 Å². The molecule has 0 bridgehead atoms. The molecule has 5 heteroatoms. The number of hydrogen-bond donors (Lipinski definition) is 1. The van der Waals surface area contributed by atoms with Gasteiger partial charge in [-0.3, -0.25) is 0 Å². The van der Waals surface area contributed by atoms with Crippen LogP contribution in [0, 0.1) is 6.92 Å². The fraction of sp³-hybridized carbons (Fsp3) is 0.400. The summed E-state index contributed by atoms with van der Waals surface area (Å²) in [5.41, 5.74) is 7.14. The molecule has 1 rings (SSSR count). The van der Waals surface area contributed by atoms with Gasteiger partial charge in [0.2, 0.25) is 0 Å². The van der Waals surface area contributed by atoms with Gasteiger partial charge in [-0.2, -0.15) is 0 Å². The van der Waals surface area contributed by atoms with Gasteiger partial charge in [-0.15, -0.1) is 0 Å². The van der Waals surface area contributed by atoms with E-state index in [9.17, 15) is 8.42 Å². The molecule has 2 N–H and O–H groups in total. The summed E-state index contributed by atoms with van der Waals surface area (Å²) in [5.74, 6) is 0.653. The zero-order valence-electron chi connectivity index (χ0n) is 8.86. The van der Waals surface area contributed by atoms with E-state index in [4.69, 9.17) is 10.5 Å². The Balaban J connectivity index is 2.61. The highest BCUT2D eigenvalue weighted by molar-refractivity contribution is 7.90. The molecule has 0 spiro atoms. The fourth-order valence-electron chi connectivity index (χ4n) is 1.08. The van der Waals surface area contributed by atoms with E-state index in [1.807, 2.05) is 13.0 Å². The smallest absolute Gasteiger partial charge is 0.150 e. The average Bonchev–Trinajstić information content (AvgIpc) is 2.09. The van der Waals surface area contributed by atoms with E-state index in [1.165, 1.54) is 6.26 Å². The highest BCUT2D eigenvalue weighted by atomic mass is 32.2. The van der Waals surface area contributed by atoms with Gasteiger partial charge in [0.1, 0.15) is 12.4 Å². The minimum Gasteiger partial charge on any atom is -0.492 e. The van der Waals surface area contributed by atoms with Gasteiger partial charge in [0.25, 0.3) is 0 Å². The van der Waals surface area contributed by atoms with Gasteiger partial charge in [0, 0.05) is 18.0 Å². The van der Waals surface area contributed by atoms with Crippen LogP contribution in [0.25, 0.3) is 0 Å². The molecule has 0 aliphatic carbocycles. The van der Waals surface area contributed by atoms with Crippen LogP contribution in [-0.2, 0) is 9.84 Å². The number of rotatable bonds is 4. The number of anilines is 1. The summed E-state index contributed by atoms with van der Waals surface area (Å²) in [6, 6.07) is 5.31. The Morgan fingerprint density at radius 2 is 2.07 bits per heavy atom. The van der Waals surface area contributed by atoms with Crippen LogP contribution in [-0.4, -0.2) is 27.0 Å². The molecule has 0 aromatic heterocycles. The Bertz CT molecular complexity index is 440. The normalized spacial score (nSPS) is 11.3. The summed E-state index contributed by atoms with van der Waals surface area (Å²) < 4.78 is 27.1. The molecule has 0 atom stereocenters. The maximum Gasteiger partial charge on any atom is 0.150 e. The Kier molecular flexibility index (Phi) is 3.57. The maximum absolute atomic E-state index is 10.9. The van der Waals surface area contributed by atoms with Gasteiger partial charge in [0.05, 0.1) is 5.75 Å². The predicted molar refractivity (Wildman–Crippen MR) is 60.8 cm³/mol. The van der Waals surface area contributed by atoms with Crippen molar-refractivity contribution in [2.24, 2.45) is 0 Å². The lowest BCUT2D eigenvalue weighted by Crippen LogP contribution is -2.12. The molecular formula is C10H15NO3S. The summed E-state index contributed by atoms with van der Waals surface area (Å²) >= 11 is 0. The van der Waals surface area contributed by atoms with Crippen molar-refractivity contribution in [1.82, 2.24) is 0 Å². The molecule has 0 aliphatic heterocycles. The number of benzene rings is 1. The van der Waals surface area contributed by atoms with Crippen LogP contribution >= 0.6 is 0 Å². The zero-order valence-corrected chi connectivity index (χ0v) is 9.67. The zero-order chi connectivity index (χ0) is 11.5. The number of sulfone groups is 1.